The number of rotatable bonds is 4. The molecule has 0 bridgehead atoms. The number of anilines is 1. The molecule has 3 aromatic rings. The van der Waals surface area contributed by atoms with E-state index in [1.165, 1.54) is 0 Å². The van der Waals surface area contributed by atoms with Crippen LogP contribution in [0.5, 0.6) is 11.6 Å². The fourth-order valence-corrected chi connectivity index (χ4v) is 2.66. The van der Waals surface area contributed by atoms with Gasteiger partial charge in [0.05, 0.1) is 10.7 Å². The van der Waals surface area contributed by atoms with E-state index < -0.39 is 0 Å². The highest BCUT2D eigenvalue weighted by Crippen LogP contribution is 2.32. The maximum absolute atomic E-state index is 5.94. The number of ether oxygens (including phenoxy) is 1. The average Bonchev–Trinajstić information content (AvgIpc) is 2.91. The zero-order valence-corrected chi connectivity index (χ0v) is 13.5. The predicted molar refractivity (Wildman–Crippen MR) is 86.4 cm³/mol. The van der Waals surface area contributed by atoms with E-state index in [4.69, 9.17) is 16.3 Å². The maximum atomic E-state index is 5.94. The molecule has 108 valence electrons. The molecule has 2 heterocycles. The molecule has 7 heteroatoms. The lowest BCUT2D eigenvalue weighted by molar-refractivity contribution is 0.463. The zero-order valence-electron chi connectivity index (χ0n) is 11.2. The van der Waals surface area contributed by atoms with E-state index in [9.17, 15) is 0 Å². The van der Waals surface area contributed by atoms with Crippen LogP contribution in [-0.4, -0.2) is 20.9 Å². The second kappa shape index (κ2) is 5.91. The molecule has 5 nitrogen and oxygen atoms in total. The van der Waals surface area contributed by atoms with Crippen LogP contribution >= 0.6 is 27.5 Å². The number of nitrogens with one attached hydrogen (secondary N) is 1. The number of benzene rings is 1. The van der Waals surface area contributed by atoms with E-state index >= 15 is 0 Å². The Balaban J connectivity index is 2.04. The molecule has 0 aliphatic heterocycles. The van der Waals surface area contributed by atoms with Gasteiger partial charge < -0.3 is 10.1 Å². The van der Waals surface area contributed by atoms with Gasteiger partial charge >= 0.3 is 0 Å². The minimum atomic E-state index is 0.432. The molecule has 0 radical (unpaired) electrons. The summed E-state index contributed by atoms with van der Waals surface area (Å²) in [5.41, 5.74) is 0.651. The molecule has 1 aromatic carbocycles. The van der Waals surface area contributed by atoms with Crippen molar-refractivity contribution < 1.29 is 4.74 Å². The van der Waals surface area contributed by atoms with Crippen molar-refractivity contribution in [3.8, 4) is 11.6 Å². The lowest BCUT2D eigenvalue weighted by Gasteiger charge is -2.10. The summed E-state index contributed by atoms with van der Waals surface area (Å²) in [6.07, 6.45) is 5.42. The van der Waals surface area contributed by atoms with Gasteiger partial charge in [0.2, 0.25) is 5.65 Å². The van der Waals surface area contributed by atoms with Gasteiger partial charge in [0.25, 0.3) is 5.88 Å². The van der Waals surface area contributed by atoms with Gasteiger partial charge in [-0.25, -0.2) is 4.98 Å². The number of hydrogen-bond acceptors (Lipinski definition) is 4. The summed E-state index contributed by atoms with van der Waals surface area (Å²) in [7, 11) is 0. The monoisotopic (exact) mass is 366 g/mol. The van der Waals surface area contributed by atoms with Crippen molar-refractivity contribution in [2.75, 3.05) is 11.9 Å². The van der Waals surface area contributed by atoms with E-state index in [-0.39, 0.29) is 0 Å². The van der Waals surface area contributed by atoms with Crippen LogP contribution in [0.15, 0.2) is 41.3 Å². The van der Waals surface area contributed by atoms with Gasteiger partial charge in [0.1, 0.15) is 11.6 Å². The van der Waals surface area contributed by atoms with Crippen LogP contribution in [0.25, 0.3) is 5.65 Å². The quantitative estimate of drug-likeness (QED) is 0.744. The van der Waals surface area contributed by atoms with Crippen LogP contribution in [0.1, 0.15) is 6.92 Å². The third-order valence-corrected chi connectivity index (χ3v) is 3.66. The third-order valence-electron chi connectivity index (χ3n) is 2.80. The van der Waals surface area contributed by atoms with Gasteiger partial charge in [0.15, 0.2) is 0 Å². The van der Waals surface area contributed by atoms with Crippen LogP contribution in [-0.2, 0) is 0 Å². The first-order chi connectivity index (χ1) is 10.2. The van der Waals surface area contributed by atoms with E-state index in [0.717, 1.165) is 16.8 Å². The van der Waals surface area contributed by atoms with Gasteiger partial charge in [-0.05, 0) is 41.1 Å². The molecule has 0 saturated heterocycles. The second-order valence-corrected chi connectivity index (χ2v) is 5.59. The van der Waals surface area contributed by atoms with Gasteiger partial charge in [-0.3, -0.25) is 4.40 Å². The Morgan fingerprint density at radius 1 is 1.43 bits per heavy atom. The first kappa shape index (κ1) is 14.2. The number of imidazole rings is 1. The Labute approximate surface area is 135 Å². The van der Waals surface area contributed by atoms with E-state index in [0.29, 0.717) is 22.3 Å². The molecule has 0 saturated carbocycles. The Morgan fingerprint density at radius 3 is 3.05 bits per heavy atom. The molecule has 0 amide bonds. The smallest absolute Gasteiger partial charge is 0.265 e. The van der Waals surface area contributed by atoms with Crippen LogP contribution in [0.4, 0.5) is 5.82 Å². The van der Waals surface area contributed by atoms with Crippen molar-refractivity contribution in [1.29, 1.82) is 0 Å². The van der Waals surface area contributed by atoms with Gasteiger partial charge in [-0.2, -0.15) is 4.98 Å². The van der Waals surface area contributed by atoms with Crippen molar-refractivity contribution in [3.63, 3.8) is 0 Å². The second-order valence-electron chi connectivity index (χ2n) is 4.30. The summed E-state index contributed by atoms with van der Waals surface area (Å²) in [6.45, 7) is 2.79. The van der Waals surface area contributed by atoms with Gasteiger partial charge in [-0.1, -0.05) is 11.6 Å². The fourth-order valence-electron chi connectivity index (χ4n) is 1.90. The Hall–Kier alpha value is -1.79. The van der Waals surface area contributed by atoms with Gasteiger partial charge in [0, 0.05) is 24.0 Å². The Morgan fingerprint density at radius 2 is 2.29 bits per heavy atom. The zero-order chi connectivity index (χ0) is 14.8. The van der Waals surface area contributed by atoms with Gasteiger partial charge in [-0.15, -0.1) is 0 Å². The first-order valence-electron chi connectivity index (χ1n) is 6.38. The molecule has 0 aliphatic rings. The van der Waals surface area contributed by atoms with E-state index in [1.54, 1.807) is 24.4 Å². The standard InChI is InChI=1S/C14H12BrClN4O/c1-2-17-12-8-20-6-5-18-13(20)14(19-12)21-11-4-3-9(16)7-10(11)15/h3-8,17H,2H2,1H3. The largest absolute Gasteiger partial charge is 0.435 e. The normalized spacial score (nSPS) is 10.8. The van der Waals surface area contributed by atoms with Crippen LogP contribution in [0.2, 0.25) is 5.02 Å². The highest BCUT2D eigenvalue weighted by Gasteiger charge is 2.11. The molecule has 0 aliphatic carbocycles. The lowest BCUT2D eigenvalue weighted by Crippen LogP contribution is -2.03. The molecular weight excluding hydrogens is 356 g/mol. The molecular formula is C14H12BrClN4O. The molecule has 0 unspecified atom stereocenters. The number of halogens is 2. The summed E-state index contributed by atoms with van der Waals surface area (Å²) >= 11 is 9.36. The molecule has 0 fully saturated rings. The Kier molecular flexibility index (Phi) is 3.98. The van der Waals surface area contributed by atoms with Crippen molar-refractivity contribution in [2.45, 2.75) is 6.92 Å². The van der Waals surface area contributed by atoms with Crippen molar-refractivity contribution in [1.82, 2.24) is 14.4 Å². The molecule has 0 spiro atoms. The summed E-state index contributed by atoms with van der Waals surface area (Å²) in [6, 6.07) is 5.32. The number of aromatic nitrogens is 3. The minimum absolute atomic E-state index is 0.432. The molecule has 2 aromatic heterocycles. The molecule has 1 N–H and O–H groups in total. The summed E-state index contributed by atoms with van der Waals surface area (Å²) in [5, 5.41) is 3.80. The molecule has 3 rings (SSSR count). The fraction of sp³-hybridized carbons (Fsp3) is 0.143. The summed E-state index contributed by atoms with van der Waals surface area (Å²) in [5.74, 6) is 1.79. The number of nitrogens with zero attached hydrogens (tertiary/aromatic N) is 3. The summed E-state index contributed by atoms with van der Waals surface area (Å²) < 4.78 is 8.51. The highest BCUT2D eigenvalue weighted by atomic mass is 79.9. The molecule has 21 heavy (non-hydrogen) atoms. The topological polar surface area (TPSA) is 51.5 Å². The predicted octanol–water partition coefficient (Wildman–Crippen LogP) is 4.37. The van der Waals surface area contributed by atoms with Crippen molar-refractivity contribution in [3.05, 3.63) is 46.3 Å². The van der Waals surface area contributed by atoms with Crippen molar-refractivity contribution >= 4 is 39.0 Å². The average molecular weight is 368 g/mol. The number of fused-ring (bicyclic) bond motifs is 1. The van der Waals surface area contributed by atoms with Crippen molar-refractivity contribution in [2.24, 2.45) is 0 Å². The molecule has 0 atom stereocenters. The SMILES string of the molecule is CCNc1cn2ccnc2c(Oc2ccc(Cl)cc2Br)n1. The first-order valence-corrected chi connectivity index (χ1v) is 7.55. The maximum Gasteiger partial charge on any atom is 0.265 e. The van der Waals surface area contributed by atoms with E-state index in [1.807, 2.05) is 23.7 Å². The third kappa shape index (κ3) is 2.96. The minimum Gasteiger partial charge on any atom is -0.435 e. The van der Waals surface area contributed by atoms with Crippen LogP contribution < -0.4 is 10.1 Å². The highest BCUT2D eigenvalue weighted by molar-refractivity contribution is 9.10. The summed E-state index contributed by atoms with van der Waals surface area (Å²) in [4.78, 5) is 8.72. The van der Waals surface area contributed by atoms with Crippen LogP contribution in [0, 0.1) is 0 Å². The number of hydrogen-bond donors (Lipinski definition) is 1. The Bertz CT molecular complexity index is 790. The van der Waals surface area contributed by atoms with E-state index in [2.05, 4.69) is 31.2 Å². The lowest BCUT2D eigenvalue weighted by atomic mass is 10.3. The van der Waals surface area contributed by atoms with Crippen LogP contribution in [0.3, 0.4) is 0 Å².